The highest BCUT2D eigenvalue weighted by Crippen LogP contribution is 2.40. The van der Waals surface area contributed by atoms with Gasteiger partial charge in [-0.15, -0.1) is 0 Å². The Hall–Kier alpha value is -1.79. The van der Waals surface area contributed by atoms with Gasteiger partial charge in [-0.05, 0) is 44.0 Å². The first-order chi connectivity index (χ1) is 11.1. The maximum absolute atomic E-state index is 13.0. The minimum atomic E-state index is -0.0952. The number of nitrogens with zero attached hydrogens (tertiary/aromatic N) is 1. The first kappa shape index (κ1) is 14.8. The zero-order valence-electron chi connectivity index (χ0n) is 12.3. The molecule has 4 nitrogen and oxygen atoms in total. The summed E-state index contributed by atoms with van der Waals surface area (Å²) in [5, 5.41) is 3.42. The van der Waals surface area contributed by atoms with Crippen LogP contribution in [-0.2, 0) is 0 Å². The van der Waals surface area contributed by atoms with Crippen LogP contribution in [0, 0.1) is 0 Å². The average molecular weight is 437 g/mol. The monoisotopic (exact) mass is 435 g/mol. The van der Waals surface area contributed by atoms with Crippen molar-refractivity contribution in [1.82, 2.24) is 4.40 Å². The standard InChI is InChI=1S/C17H11Br2NO3/c1-22-12-6-10-8-4-3-5-9-14(18)16(19)20(15(8)9)17(21)11(10)7-13(12)23-2/h3-7H,1-2H3. The number of fused-ring (bicyclic) bond motifs is 2. The second-order valence-electron chi connectivity index (χ2n) is 5.20. The van der Waals surface area contributed by atoms with E-state index in [1.165, 1.54) is 0 Å². The number of aromatic nitrogens is 1. The van der Waals surface area contributed by atoms with E-state index in [1.807, 2.05) is 24.3 Å². The average Bonchev–Trinajstić information content (AvgIpc) is 2.84. The van der Waals surface area contributed by atoms with Crippen LogP contribution in [0.15, 0.2) is 44.2 Å². The van der Waals surface area contributed by atoms with Crippen LogP contribution < -0.4 is 15.0 Å². The minimum absolute atomic E-state index is 0.0952. The lowest BCUT2D eigenvalue weighted by Crippen LogP contribution is -2.13. The summed E-state index contributed by atoms with van der Waals surface area (Å²) in [7, 11) is 3.15. The Kier molecular flexibility index (Phi) is 3.28. The molecule has 0 unspecified atom stereocenters. The van der Waals surface area contributed by atoms with Gasteiger partial charge in [-0.1, -0.05) is 18.2 Å². The van der Waals surface area contributed by atoms with E-state index in [9.17, 15) is 4.79 Å². The number of methoxy groups -OCH3 is 2. The van der Waals surface area contributed by atoms with E-state index in [0.717, 1.165) is 26.1 Å². The van der Waals surface area contributed by atoms with Crippen LogP contribution in [-0.4, -0.2) is 18.6 Å². The fraction of sp³-hybridized carbons (Fsp3) is 0.118. The number of benzene rings is 2. The third-order valence-electron chi connectivity index (χ3n) is 4.12. The molecule has 0 amide bonds. The van der Waals surface area contributed by atoms with E-state index >= 15 is 0 Å². The van der Waals surface area contributed by atoms with Crippen LogP contribution in [0.2, 0.25) is 0 Å². The lowest BCUT2D eigenvalue weighted by molar-refractivity contribution is 0.356. The summed E-state index contributed by atoms with van der Waals surface area (Å²) in [6, 6.07) is 9.57. The fourth-order valence-electron chi connectivity index (χ4n) is 3.08. The highest BCUT2D eigenvalue weighted by Gasteiger charge is 2.20. The lowest BCUT2D eigenvalue weighted by atomic mass is 10.0. The SMILES string of the molecule is COc1cc2c(=O)n3c(Br)c(Br)c4cccc(c2cc1OC)c43. The molecule has 0 radical (unpaired) electrons. The van der Waals surface area contributed by atoms with Gasteiger partial charge in [-0.3, -0.25) is 9.20 Å². The smallest absolute Gasteiger partial charge is 0.264 e. The van der Waals surface area contributed by atoms with E-state index in [-0.39, 0.29) is 5.56 Å². The number of hydrogen-bond acceptors (Lipinski definition) is 3. The second-order valence-corrected chi connectivity index (χ2v) is 6.74. The van der Waals surface area contributed by atoms with Crippen molar-refractivity contribution in [2.45, 2.75) is 0 Å². The molecule has 0 aliphatic carbocycles. The molecule has 0 spiro atoms. The van der Waals surface area contributed by atoms with Gasteiger partial charge in [0.25, 0.3) is 5.56 Å². The van der Waals surface area contributed by atoms with Gasteiger partial charge in [-0.2, -0.15) is 0 Å². The molecule has 4 aromatic rings. The first-order valence-electron chi connectivity index (χ1n) is 6.88. The molecule has 2 aromatic carbocycles. The third kappa shape index (κ3) is 1.85. The molecule has 2 aromatic heterocycles. The lowest BCUT2D eigenvalue weighted by Gasteiger charge is -2.11. The van der Waals surface area contributed by atoms with Crippen molar-refractivity contribution in [3.8, 4) is 11.5 Å². The normalized spacial score (nSPS) is 11.7. The van der Waals surface area contributed by atoms with Gasteiger partial charge >= 0.3 is 0 Å². The predicted molar refractivity (Wildman–Crippen MR) is 98.4 cm³/mol. The Morgan fingerprint density at radius 1 is 0.913 bits per heavy atom. The number of para-hydroxylation sites is 1. The maximum atomic E-state index is 13.0. The van der Waals surface area contributed by atoms with E-state index in [2.05, 4.69) is 31.9 Å². The van der Waals surface area contributed by atoms with E-state index < -0.39 is 0 Å². The van der Waals surface area contributed by atoms with Crippen molar-refractivity contribution in [3.63, 3.8) is 0 Å². The molecule has 23 heavy (non-hydrogen) atoms. The van der Waals surface area contributed by atoms with Crippen LogP contribution in [0.3, 0.4) is 0 Å². The molecule has 0 aliphatic rings. The van der Waals surface area contributed by atoms with Crippen molar-refractivity contribution in [3.05, 3.63) is 49.8 Å². The molecule has 2 heterocycles. The van der Waals surface area contributed by atoms with Crippen molar-refractivity contribution >= 4 is 58.9 Å². The quantitative estimate of drug-likeness (QED) is 0.431. The molecule has 116 valence electrons. The molecule has 0 saturated carbocycles. The van der Waals surface area contributed by atoms with Crippen LogP contribution in [0.25, 0.3) is 27.1 Å². The van der Waals surface area contributed by atoms with Gasteiger partial charge in [0.15, 0.2) is 11.5 Å². The zero-order chi connectivity index (χ0) is 16.3. The Morgan fingerprint density at radius 2 is 1.52 bits per heavy atom. The highest BCUT2D eigenvalue weighted by atomic mass is 79.9. The third-order valence-corrected chi connectivity index (χ3v) is 6.21. The summed E-state index contributed by atoms with van der Waals surface area (Å²) >= 11 is 7.08. The number of halogens is 2. The van der Waals surface area contributed by atoms with Gasteiger partial charge in [0.05, 0.1) is 29.6 Å². The van der Waals surface area contributed by atoms with Crippen LogP contribution in [0.5, 0.6) is 11.5 Å². The molecule has 6 heteroatoms. The second kappa shape index (κ2) is 5.11. The number of ether oxygens (including phenoxy) is 2. The fourth-order valence-corrected chi connectivity index (χ4v) is 4.13. The van der Waals surface area contributed by atoms with Gasteiger partial charge in [0.1, 0.15) is 4.60 Å². The minimum Gasteiger partial charge on any atom is -0.493 e. The summed E-state index contributed by atoms with van der Waals surface area (Å²) in [6.45, 7) is 0. The van der Waals surface area contributed by atoms with Crippen LogP contribution >= 0.6 is 31.9 Å². The Bertz CT molecular complexity index is 1130. The Balaban J connectivity index is 2.37. The maximum Gasteiger partial charge on any atom is 0.264 e. The largest absolute Gasteiger partial charge is 0.493 e. The molecule has 0 N–H and O–H groups in total. The number of rotatable bonds is 2. The van der Waals surface area contributed by atoms with Crippen LogP contribution in [0.1, 0.15) is 0 Å². The Labute approximate surface area is 148 Å². The van der Waals surface area contributed by atoms with Gasteiger partial charge < -0.3 is 9.47 Å². The molecular weight excluding hydrogens is 426 g/mol. The molecule has 0 fully saturated rings. The van der Waals surface area contributed by atoms with Crippen molar-refractivity contribution in [1.29, 1.82) is 0 Å². The van der Waals surface area contributed by atoms with E-state index in [4.69, 9.17) is 9.47 Å². The molecule has 0 bridgehead atoms. The van der Waals surface area contributed by atoms with Gasteiger partial charge in [-0.25, -0.2) is 0 Å². The van der Waals surface area contributed by atoms with E-state index in [1.54, 1.807) is 24.7 Å². The molecular formula is C17H11Br2NO3. The zero-order valence-corrected chi connectivity index (χ0v) is 15.5. The number of hydrogen-bond donors (Lipinski definition) is 0. The molecule has 0 saturated heterocycles. The number of pyridine rings is 1. The van der Waals surface area contributed by atoms with Gasteiger partial charge in [0, 0.05) is 16.2 Å². The van der Waals surface area contributed by atoms with Crippen LogP contribution in [0.4, 0.5) is 0 Å². The molecule has 4 rings (SSSR count). The van der Waals surface area contributed by atoms with E-state index in [0.29, 0.717) is 21.5 Å². The van der Waals surface area contributed by atoms with Crippen molar-refractivity contribution in [2.75, 3.05) is 14.2 Å². The summed E-state index contributed by atoms with van der Waals surface area (Å²) in [4.78, 5) is 13.0. The summed E-state index contributed by atoms with van der Waals surface area (Å²) in [5.74, 6) is 1.15. The Morgan fingerprint density at radius 3 is 2.17 bits per heavy atom. The van der Waals surface area contributed by atoms with Crippen molar-refractivity contribution in [2.24, 2.45) is 0 Å². The summed E-state index contributed by atoms with van der Waals surface area (Å²) < 4.78 is 14.0. The summed E-state index contributed by atoms with van der Waals surface area (Å²) in [6.07, 6.45) is 0. The highest BCUT2D eigenvalue weighted by molar-refractivity contribution is 9.13. The topological polar surface area (TPSA) is 39.9 Å². The van der Waals surface area contributed by atoms with Gasteiger partial charge in [0.2, 0.25) is 0 Å². The molecule has 0 atom stereocenters. The first-order valence-corrected chi connectivity index (χ1v) is 8.46. The predicted octanol–water partition coefficient (Wildman–Crippen LogP) is 4.59. The van der Waals surface area contributed by atoms with Crippen molar-refractivity contribution < 1.29 is 9.47 Å². The molecule has 0 aliphatic heterocycles. The summed E-state index contributed by atoms with van der Waals surface area (Å²) in [5.41, 5.74) is 0.790.